The van der Waals surface area contributed by atoms with Crippen LogP contribution in [0.4, 0.5) is 10.2 Å². The highest BCUT2D eigenvalue weighted by molar-refractivity contribution is 5.51. The van der Waals surface area contributed by atoms with E-state index in [9.17, 15) is 4.39 Å². The minimum absolute atomic E-state index is 0.0431. The number of nitrogen functional groups attached to an aromatic ring is 1. The molecule has 3 N–H and O–H groups in total. The molecular weight excluding hydrogens is 273 g/mol. The van der Waals surface area contributed by atoms with Crippen LogP contribution in [0, 0.1) is 17.1 Å². The number of aromatic nitrogens is 2. The zero-order chi connectivity index (χ0) is 15.4. The van der Waals surface area contributed by atoms with Crippen molar-refractivity contribution in [1.82, 2.24) is 9.97 Å². The van der Waals surface area contributed by atoms with Crippen LogP contribution in [0.5, 0.6) is 11.6 Å². The molecule has 0 saturated heterocycles. The third-order valence-corrected chi connectivity index (χ3v) is 2.84. The molecule has 0 aliphatic heterocycles. The van der Waals surface area contributed by atoms with Crippen LogP contribution in [0.3, 0.4) is 0 Å². The molecule has 0 radical (unpaired) electrons. The van der Waals surface area contributed by atoms with E-state index < -0.39 is 5.82 Å². The molecule has 0 aliphatic carbocycles. The largest absolute Gasteiger partial charge is 0.438 e. The fourth-order valence-electron chi connectivity index (χ4n) is 1.86. The van der Waals surface area contributed by atoms with E-state index in [1.165, 1.54) is 18.5 Å². The molecule has 0 bridgehead atoms. The number of nitrogens with two attached hydrogens (primary N) is 1. The normalized spacial score (nSPS) is 10.3. The Bertz CT molecular complexity index is 696. The highest BCUT2D eigenvalue weighted by Crippen LogP contribution is 2.32. The smallest absolute Gasteiger partial charge is 0.227 e. The van der Waals surface area contributed by atoms with Gasteiger partial charge in [-0.05, 0) is 18.1 Å². The van der Waals surface area contributed by atoms with Crippen LogP contribution in [-0.4, -0.2) is 9.97 Å². The van der Waals surface area contributed by atoms with Gasteiger partial charge in [0.1, 0.15) is 24.0 Å². The van der Waals surface area contributed by atoms with Crippen LogP contribution in [0.2, 0.25) is 0 Å². The van der Waals surface area contributed by atoms with E-state index in [1.54, 1.807) is 6.07 Å². The monoisotopic (exact) mass is 287 g/mol. The SMILES string of the molecule is CC(C)c1c(NN)ncnc1Oc1ccc(C#N)c(F)c1. The summed E-state index contributed by atoms with van der Waals surface area (Å²) in [4.78, 5) is 8.08. The van der Waals surface area contributed by atoms with Crippen LogP contribution < -0.4 is 16.0 Å². The van der Waals surface area contributed by atoms with Gasteiger partial charge in [0.25, 0.3) is 0 Å². The molecule has 1 aromatic carbocycles. The molecule has 0 atom stereocenters. The van der Waals surface area contributed by atoms with E-state index in [0.717, 1.165) is 6.07 Å². The minimum atomic E-state index is -0.646. The summed E-state index contributed by atoms with van der Waals surface area (Å²) in [6, 6.07) is 5.74. The van der Waals surface area contributed by atoms with E-state index >= 15 is 0 Å². The Labute approximate surface area is 121 Å². The van der Waals surface area contributed by atoms with E-state index in [1.807, 2.05) is 13.8 Å². The highest BCUT2D eigenvalue weighted by Gasteiger charge is 2.16. The van der Waals surface area contributed by atoms with E-state index in [2.05, 4.69) is 15.4 Å². The number of benzene rings is 1. The van der Waals surface area contributed by atoms with Gasteiger partial charge in [-0.15, -0.1) is 0 Å². The Morgan fingerprint density at radius 1 is 1.38 bits per heavy atom. The first-order valence-corrected chi connectivity index (χ1v) is 6.25. The lowest BCUT2D eigenvalue weighted by molar-refractivity contribution is 0.447. The Balaban J connectivity index is 2.40. The van der Waals surface area contributed by atoms with Crippen molar-refractivity contribution in [3.05, 3.63) is 41.5 Å². The molecule has 21 heavy (non-hydrogen) atoms. The standard InChI is InChI=1S/C14H14FN5O/c1-8(2)12-13(20-17)18-7-19-14(12)21-10-4-3-9(6-16)11(15)5-10/h3-5,7-8H,17H2,1-2H3,(H,18,19,20). The Kier molecular flexibility index (Phi) is 4.30. The van der Waals surface area contributed by atoms with Crippen LogP contribution in [0.25, 0.3) is 0 Å². The number of halogens is 1. The molecule has 2 rings (SSSR count). The first-order chi connectivity index (χ1) is 10.1. The number of nitrogens with one attached hydrogen (secondary N) is 1. The number of hydrogen-bond acceptors (Lipinski definition) is 6. The second kappa shape index (κ2) is 6.15. The first kappa shape index (κ1) is 14.7. The van der Waals surface area contributed by atoms with Crippen molar-refractivity contribution in [2.75, 3.05) is 5.43 Å². The Hall–Kier alpha value is -2.72. The Morgan fingerprint density at radius 3 is 2.71 bits per heavy atom. The molecule has 0 aliphatic rings. The summed E-state index contributed by atoms with van der Waals surface area (Å²) in [6.07, 6.45) is 1.30. The number of hydrogen-bond donors (Lipinski definition) is 2. The van der Waals surface area contributed by atoms with Gasteiger partial charge in [-0.25, -0.2) is 20.2 Å². The predicted molar refractivity (Wildman–Crippen MR) is 75.1 cm³/mol. The van der Waals surface area contributed by atoms with Crippen LogP contribution in [-0.2, 0) is 0 Å². The van der Waals surface area contributed by atoms with Crippen molar-refractivity contribution in [3.8, 4) is 17.7 Å². The molecule has 0 amide bonds. The van der Waals surface area contributed by atoms with Gasteiger partial charge in [0.15, 0.2) is 5.82 Å². The second-order valence-electron chi connectivity index (χ2n) is 4.60. The van der Waals surface area contributed by atoms with Gasteiger partial charge in [0, 0.05) is 6.07 Å². The van der Waals surface area contributed by atoms with Gasteiger partial charge < -0.3 is 10.2 Å². The number of rotatable bonds is 4. The van der Waals surface area contributed by atoms with E-state index in [0.29, 0.717) is 11.4 Å². The molecule has 108 valence electrons. The van der Waals surface area contributed by atoms with Gasteiger partial charge in [-0.2, -0.15) is 5.26 Å². The molecule has 6 nitrogen and oxygen atoms in total. The average molecular weight is 287 g/mol. The first-order valence-electron chi connectivity index (χ1n) is 6.25. The Morgan fingerprint density at radius 2 is 2.14 bits per heavy atom. The summed E-state index contributed by atoms with van der Waals surface area (Å²) in [5.41, 5.74) is 3.13. The summed E-state index contributed by atoms with van der Waals surface area (Å²) >= 11 is 0. The number of ether oxygens (including phenoxy) is 1. The maximum Gasteiger partial charge on any atom is 0.227 e. The van der Waals surface area contributed by atoms with Crippen molar-refractivity contribution in [3.63, 3.8) is 0 Å². The maximum absolute atomic E-state index is 13.6. The fraction of sp³-hybridized carbons (Fsp3) is 0.214. The van der Waals surface area contributed by atoms with Crippen molar-refractivity contribution in [2.45, 2.75) is 19.8 Å². The average Bonchev–Trinajstić information content (AvgIpc) is 2.46. The third kappa shape index (κ3) is 3.07. The number of nitriles is 1. The van der Waals surface area contributed by atoms with E-state index in [4.69, 9.17) is 15.8 Å². The number of anilines is 1. The fourth-order valence-corrected chi connectivity index (χ4v) is 1.86. The molecule has 0 fully saturated rings. The number of nitrogens with zero attached hydrogens (tertiary/aromatic N) is 3. The predicted octanol–water partition coefficient (Wildman–Crippen LogP) is 2.69. The van der Waals surface area contributed by atoms with Gasteiger partial charge in [0.05, 0.1) is 11.1 Å². The topological polar surface area (TPSA) is 96.8 Å². The van der Waals surface area contributed by atoms with Gasteiger partial charge in [-0.1, -0.05) is 13.8 Å². The molecule has 1 heterocycles. The maximum atomic E-state index is 13.6. The molecule has 2 aromatic rings. The highest BCUT2D eigenvalue weighted by atomic mass is 19.1. The van der Waals surface area contributed by atoms with Crippen LogP contribution >= 0.6 is 0 Å². The van der Waals surface area contributed by atoms with Crippen LogP contribution in [0.15, 0.2) is 24.5 Å². The van der Waals surface area contributed by atoms with Crippen molar-refractivity contribution < 1.29 is 9.13 Å². The zero-order valence-corrected chi connectivity index (χ0v) is 11.6. The van der Waals surface area contributed by atoms with Crippen molar-refractivity contribution >= 4 is 5.82 Å². The summed E-state index contributed by atoms with van der Waals surface area (Å²) in [5.74, 6) is 5.81. The summed E-state index contributed by atoms with van der Waals surface area (Å²) < 4.78 is 19.2. The lowest BCUT2D eigenvalue weighted by Crippen LogP contribution is -2.13. The molecule has 0 spiro atoms. The molecular formula is C14H14FN5O. The summed E-state index contributed by atoms with van der Waals surface area (Å²) in [5, 5.41) is 8.71. The molecule has 0 saturated carbocycles. The lowest BCUT2D eigenvalue weighted by Gasteiger charge is -2.15. The van der Waals surface area contributed by atoms with Crippen molar-refractivity contribution in [2.24, 2.45) is 5.84 Å². The second-order valence-corrected chi connectivity index (χ2v) is 4.60. The quantitative estimate of drug-likeness (QED) is 0.663. The van der Waals surface area contributed by atoms with Gasteiger partial charge >= 0.3 is 0 Å². The number of hydrazine groups is 1. The van der Waals surface area contributed by atoms with E-state index in [-0.39, 0.29) is 23.1 Å². The lowest BCUT2D eigenvalue weighted by atomic mass is 10.1. The van der Waals surface area contributed by atoms with Gasteiger partial charge in [0.2, 0.25) is 5.88 Å². The molecule has 0 unspecified atom stereocenters. The third-order valence-electron chi connectivity index (χ3n) is 2.84. The zero-order valence-electron chi connectivity index (χ0n) is 11.6. The summed E-state index contributed by atoms with van der Waals surface area (Å²) in [7, 11) is 0. The van der Waals surface area contributed by atoms with Gasteiger partial charge in [-0.3, -0.25) is 0 Å². The minimum Gasteiger partial charge on any atom is -0.438 e. The van der Waals surface area contributed by atoms with Crippen LogP contribution in [0.1, 0.15) is 30.9 Å². The molecule has 1 aromatic heterocycles. The molecule has 7 heteroatoms. The van der Waals surface area contributed by atoms with Crippen molar-refractivity contribution in [1.29, 1.82) is 5.26 Å². The summed E-state index contributed by atoms with van der Waals surface area (Å²) in [6.45, 7) is 3.87.